The maximum absolute atomic E-state index is 14.1. The van der Waals surface area contributed by atoms with Gasteiger partial charge in [0.15, 0.2) is 16.3 Å². The van der Waals surface area contributed by atoms with Crippen LogP contribution >= 0.6 is 27.3 Å². The second-order valence-corrected chi connectivity index (χ2v) is 11.5. The van der Waals surface area contributed by atoms with E-state index in [1.165, 1.54) is 11.3 Å². The maximum Gasteiger partial charge on any atom is 0.338 e. The molecular weight excluding hydrogens is 606 g/mol. The van der Waals surface area contributed by atoms with Crippen LogP contribution in [0.5, 0.6) is 11.5 Å². The van der Waals surface area contributed by atoms with Gasteiger partial charge in [-0.05, 0) is 87.4 Å². The molecule has 2 aromatic heterocycles. The summed E-state index contributed by atoms with van der Waals surface area (Å²) in [4.78, 5) is 32.5. The number of thiazole rings is 1. The van der Waals surface area contributed by atoms with Gasteiger partial charge in [-0.1, -0.05) is 33.3 Å². The van der Waals surface area contributed by atoms with E-state index >= 15 is 0 Å². The van der Waals surface area contributed by atoms with E-state index in [2.05, 4.69) is 31.6 Å². The SMILES string of the molecule is CCOC(=O)C1=C(C)N=c2s/c(=C\c3cc(C)n(-c4ccc(Br)cc4)c3C)c(=O)n2[C@@H]1c1ccc(OC)c(OC)c1. The molecule has 2 aromatic carbocycles. The van der Waals surface area contributed by atoms with Gasteiger partial charge in [0.2, 0.25) is 0 Å². The molecule has 41 heavy (non-hydrogen) atoms. The Morgan fingerprint density at radius 3 is 2.41 bits per heavy atom. The summed E-state index contributed by atoms with van der Waals surface area (Å²) in [5.74, 6) is 0.523. The summed E-state index contributed by atoms with van der Waals surface area (Å²) in [7, 11) is 3.10. The molecule has 0 N–H and O–H groups in total. The predicted molar refractivity (Wildman–Crippen MR) is 163 cm³/mol. The molecule has 0 bridgehead atoms. The highest BCUT2D eigenvalue weighted by molar-refractivity contribution is 9.10. The highest BCUT2D eigenvalue weighted by Crippen LogP contribution is 2.36. The van der Waals surface area contributed by atoms with Crippen LogP contribution in [0.2, 0.25) is 0 Å². The topological polar surface area (TPSA) is 84.1 Å². The number of aryl methyl sites for hydroxylation is 1. The Bertz CT molecular complexity index is 1860. The number of hydrogen-bond donors (Lipinski definition) is 0. The lowest BCUT2D eigenvalue weighted by Gasteiger charge is -2.25. The lowest BCUT2D eigenvalue weighted by Crippen LogP contribution is -2.40. The van der Waals surface area contributed by atoms with Gasteiger partial charge in [0.1, 0.15) is 0 Å². The van der Waals surface area contributed by atoms with Crippen LogP contribution < -0.4 is 24.4 Å². The van der Waals surface area contributed by atoms with E-state index < -0.39 is 12.0 Å². The van der Waals surface area contributed by atoms with Gasteiger partial charge in [0.25, 0.3) is 5.56 Å². The number of ether oxygens (including phenoxy) is 3. The largest absolute Gasteiger partial charge is 0.493 e. The number of carbonyl (C=O) groups excluding carboxylic acids is 1. The van der Waals surface area contributed by atoms with Gasteiger partial charge >= 0.3 is 5.97 Å². The Morgan fingerprint density at radius 2 is 1.76 bits per heavy atom. The molecule has 212 valence electrons. The normalized spacial score (nSPS) is 15.0. The molecule has 10 heteroatoms. The molecule has 1 aliphatic heterocycles. The number of hydrogen-bond acceptors (Lipinski definition) is 7. The summed E-state index contributed by atoms with van der Waals surface area (Å²) in [6.45, 7) is 7.79. The second-order valence-electron chi connectivity index (χ2n) is 9.55. The number of nitrogens with zero attached hydrogens (tertiary/aromatic N) is 3. The number of aromatic nitrogens is 2. The first-order valence-electron chi connectivity index (χ1n) is 13.0. The quantitative estimate of drug-likeness (QED) is 0.267. The first-order valence-corrected chi connectivity index (χ1v) is 14.7. The minimum absolute atomic E-state index is 0.201. The predicted octanol–water partition coefficient (Wildman–Crippen LogP) is 4.99. The van der Waals surface area contributed by atoms with E-state index in [9.17, 15) is 9.59 Å². The molecule has 3 heterocycles. The van der Waals surface area contributed by atoms with Crippen LogP contribution in [0.15, 0.2) is 74.1 Å². The lowest BCUT2D eigenvalue weighted by atomic mass is 9.95. The Balaban J connectivity index is 1.70. The summed E-state index contributed by atoms with van der Waals surface area (Å²) in [5.41, 5.74) is 5.28. The molecule has 0 radical (unpaired) electrons. The molecular formula is C31H30BrN3O5S. The van der Waals surface area contributed by atoms with Gasteiger partial charge < -0.3 is 18.8 Å². The third kappa shape index (κ3) is 5.17. The van der Waals surface area contributed by atoms with Crippen molar-refractivity contribution in [2.45, 2.75) is 33.7 Å². The number of allylic oxidation sites excluding steroid dienone is 1. The molecule has 8 nitrogen and oxygen atoms in total. The van der Waals surface area contributed by atoms with Gasteiger partial charge in [0, 0.05) is 21.5 Å². The van der Waals surface area contributed by atoms with E-state index in [4.69, 9.17) is 14.2 Å². The third-order valence-electron chi connectivity index (χ3n) is 7.08. The Kier molecular flexibility index (Phi) is 8.06. The Morgan fingerprint density at radius 1 is 1.05 bits per heavy atom. The summed E-state index contributed by atoms with van der Waals surface area (Å²) in [6, 6.07) is 14.8. The van der Waals surface area contributed by atoms with Gasteiger partial charge in [-0.25, -0.2) is 9.79 Å². The third-order valence-corrected chi connectivity index (χ3v) is 8.59. The lowest BCUT2D eigenvalue weighted by molar-refractivity contribution is -0.139. The van der Waals surface area contributed by atoms with Crippen molar-refractivity contribution >= 4 is 39.3 Å². The number of benzene rings is 2. The van der Waals surface area contributed by atoms with Crippen LogP contribution in [0.3, 0.4) is 0 Å². The summed E-state index contributed by atoms with van der Waals surface area (Å²) in [5, 5.41) is 0. The fourth-order valence-corrected chi connectivity index (χ4v) is 6.49. The molecule has 1 aliphatic rings. The van der Waals surface area contributed by atoms with Crippen LogP contribution in [0.4, 0.5) is 0 Å². The number of fused-ring (bicyclic) bond motifs is 1. The number of halogens is 1. The smallest absolute Gasteiger partial charge is 0.338 e. The number of esters is 1. The zero-order valence-corrected chi connectivity index (χ0v) is 26.1. The van der Waals surface area contributed by atoms with E-state index in [-0.39, 0.29) is 12.2 Å². The first kappa shape index (κ1) is 28.6. The van der Waals surface area contributed by atoms with Crippen molar-refractivity contribution in [3.8, 4) is 17.2 Å². The molecule has 0 spiro atoms. The molecule has 1 atom stereocenters. The van der Waals surface area contributed by atoms with Crippen molar-refractivity contribution in [1.29, 1.82) is 0 Å². The van der Waals surface area contributed by atoms with Gasteiger partial charge in [-0.3, -0.25) is 9.36 Å². The minimum atomic E-state index is -0.748. The van der Waals surface area contributed by atoms with E-state index in [0.717, 1.165) is 27.1 Å². The monoisotopic (exact) mass is 635 g/mol. The highest BCUT2D eigenvalue weighted by atomic mass is 79.9. The average Bonchev–Trinajstić information content (AvgIpc) is 3.41. The minimum Gasteiger partial charge on any atom is -0.493 e. The summed E-state index contributed by atoms with van der Waals surface area (Å²) in [6.07, 6.45) is 1.90. The van der Waals surface area contributed by atoms with Crippen molar-refractivity contribution in [3.05, 3.63) is 106 Å². The molecule has 0 amide bonds. The summed E-state index contributed by atoms with van der Waals surface area (Å²) >= 11 is 4.79. The van der Waals surface area contributed by atoms with Crippen LogP contribution in [-0.4, -0.2) is 35.9 Å². The zero-order valence-electron chi connectivity index (χ0n) is 23.6. The van der Waals surface area contributed by atoms with Crippen molar-refractivity contribution in [3.63, 3.8) is 0 Å². The molecule has 0 unspecified atom stereocenters. The molecule has 5 rings (SSSR count). The molecule has 0 saturated heterocycles. The van der Waals surface area contributed by atoms with Crippen molar-refractivity contribution < 1.29 is 19.0 Å². The van der Waals surface area contributed by atoms with Crippen molar-refractivity contribution in [1.82, 2.24) is 9.13 Å². The Labute approximate surface area is 250 Å². The fraction of sp³-hybridized carbons (Fsp3) is 0.258. The number of methoxy groups -OCH3 is 2. The van der Waals surface area contributed by atoms with Crippen LogP contribution in [0, 0.1) is 13.8 Å². The van der Waals surface area contributed by atoms with E-state index in [1.54, 1.807) is 44.8 Å². The standard InChI is InChI=1S/C31H30BrN3O5S/c1-7-40-30(37)27-18(3)33-31-35(28(27)20-8-13-24(38-5)25(15-20)39-6)29(36)26(41-31)16-21-14-17(2)34(19(21)4)23-11-9-22(32)10-12-23/h8-16,28H,7H2,1-6H3/b26-16-/t28-/m1/s1. The maximum atomic E-state index is 14.1. The van der Waals surface area contributed by atoms with Gasteiger partial charge in [-0.15, -0.1) is 0 Å². The van der Waals surface area contributed by atoms with Crippen LogP contribution in [0.1, 0.15) is 42.4 Å². The average molecular weight is 637 g/mol. The molecule has 0 fully saturated rings. The van der Waals surface area contributed by atoms with Crippen molar-refractivity contribution in [2.24, 2.45) is 4.99 Å². The highest BCUT2D eigenvalue weighted by Gasteiger charge is 2.34. The zero-order chi connectivity index (χ0) is 29.4. The van der Waals surface area contributed by atoms with Crippen LogP contribution in [0.25, 0.3) is 11.8 Å². The summed E-state index contributed by atoms with van der Waals surface area (Å²) < 4.78 is 21.6. The molecule has 4 aromatic rings. The number of carbonyl (C=O) groups is 1. The van der Waals surface area contributed by atoms with Crippen LogP contribution in [-0.2, 0) is 9.53 Å². The molecule has 0 aliphatic carbocycles. The van der Waals surface area contributed by atoms with E-state index in [1.807, 2.05) is 50.3 Å². The Hall–Kier alpha value is -3.89. The first-order chi connectivity index (χ1) is 19.7. The number of rotatable bonds is 7. The van der Waals surface area contributed by atoms with Gasteiger partial charge in [0.05, 0.1) is 42.7 Å². The molecule has 0 saturated carbocycles. The fourth-order valence-electron chi connectivity index (χ4n) is 5.19. The van der Waals surface area contributed by atoms with E-state index in [0.29, 0.717) is 37.7 Å². The van der Waals surface area contributed by atoms with Crippen molar-refractivity contribution in [2.75, 3.05) is 20.8 Å². The van der Waals surface area contributed by atoms with Gasteiger partial charge in [-0.2, -0.15) is 0 Å². The second kappa shape index (κ2) is 11.5.